The Morgan fingerprint density at radius 3 is 2.40 bits per heavy atom. The number of nitrogens with one attached hydrogen (secondary N) is 1. The van der Waals surface area contributed by atoms with E-state index in [2.05, 4.69) is 62.5 Å². The first-order valence-electron chi connectivity index (χ1n) is 5.50. The monoisotopic (exact) mass is 203 g/mol. The van der Waals surface area contributed by atoms with Gasteiger partial charge in [-0.1, -0.05) is 63.3 Å². The molecule has 0 saturated carbocycles. The van der Waals surface area contributed by atoms with Crippen molar-refractivity contribution in [2.45, 2.75) is 20.8 Å². The van der Waals surface area contributed by atoms with Crippen LogP contribution in [0.25, 0.3) is 6.08 Å². The average molecular weight is 203 g/mol. The molecule has 1 aromatic carbocycles. The van der Waals surface area contributed by atoms with Crippen LogP contribution >= 0.6 is 0 Å². The number of hydrogen-bond donors (Lipinski definition) is 1. The van der Waals surface area contributed by atoms with Crippen LogP contribution in [0.4, 0.5) is 0 Å². The highest BCUT2D eigenvalue weighted by molar-refractivity contribution is 5.48. The van der Waals surface area contributed by atoms with Gasteiger partial charge in [0.05, 0.1) is 0 Å². The minimum Gasteiger partial charge on any atom is -0.313 e. The molecule has 0 fully saturated rings. The molecule has 0 saturated heterocycles. The Labute approximate surface area is 93.2 Å². The average Bonchev–Trinajstić information content (AvgIpc) is 2.17. The normalized spacial score (nSPS) is 12.2. The highest BCUT2D eigenvalue weighted by atomic mass is 14.9. The Hall–Kier alpha value is -1.08. The first kappa shape index (κ1) is 12.0. The molecule has 0 unspecified atom stereocenters. The molecular weight excluding hydrogens is 182 g/mol. The summed E-state index contributed by atoms with van der Waals surface area (Å²) in [5.41, 5.74) is 1.62. The molecule has 1 nitrogen and oxygen atoms in total. The minimum atomic E-state index is 0.362. The molecule has 0 aliphatic rings. The second-order valence-electron chi connectivity index (χ2n) is 5.00. The van der Waals surface area contributed by atoms with Gasteiger partial charge in [0.1, 0.15) is 0 Å². The molecule has 1 N–H and O–H groups in total. The second-order valence-corrected chi connectivity index (χ2v) is 5.00. The lowest BCUT2D eigenvalue weighted by Gasteiger charge is -2.17. The third kappa shape index (κ3) is 6.08. The van der Waals surface area contributed by atoms with Crippen molar-refractivity contribution in [1.82, 2.24) is 5.32 Å². The molecule has 15 heavy (non-hydrogen) atoms. The molecule has 82 valence electrons. The van der Waals surface area contributed by atoms with E-state index in [1.165, 1.54) is 5.56 Å². The summed E-state index contributed by atoms with van der Waals surface area (Å²) in [6, 6.07) is 10.4. The van der Waals surface area contributed by atoms with E-state index < -0.39 is 0 Å². The van der Waals surface area contributed by atoms with Crippen molar-refractivity contribution in [2.75, 3.05) is 13.1 Å². The van der Waals surface area contributed by atoms with Gasteiger partial charge < -0.3 is 5.32 Å². The molecule has 0 spiro atoms. The van der Waals surface area contributed by atoms with E-state index >= 15 is 0 Å². The van der Waals surface area contributed by atoms with Crippen LogP contribution in [0.2, 0.25) is 0 Å². The van der Waals surface area contributed by atoms with E-state index in [1.807, 2.05) is 6.07 Å². The van der Waals surface area contributed by atoms with Gasteiger partial charge in [-0.25, -0.2) is 0 Å². The van der Waals surface area contributed by atoms with Gasteiger partial charge >= 0.3 is 0 Å². The lowest BCUT2D eigenvalue weighted by molar-refractivity contribution is 0.389. The zero-order valence-corrected chi connectivity index (χ0v) is 9.96. The van der Waals surface area contributed by atoms with Crippen LogP contribution in [0, 0.1) is 5.41 Å². The molecule has 0 heterocycles. The van der Waals surface area contributed by atoms with Gasteiger partial charge in [-0.2, -0.15) is 0 Å². The van der Waals surface area contributed by atoms with Crippen molar-refractivity contribution in [3.05, 3.63) is 42.0 Å². The van der Waals surface area contributed by atoms with E-state index in [9.17, 15) is 0 Å². The smallest absolute Gasteiger partial charge is 0.0138 e. The maximum atomic E-state index is 3.41. The predicted molar refractivity (Wildman–Crippen MR) is 67.8 cm³/mol. The van der Waals surface area contributed by atoms with Crippen LogP contribution in [0.3, 0.4) is 0 Å². The molecule has 0 aromatic heterocycles. The first-order valence-corrected chi connectivity index (χ1v) is 5.50. The second kappa shape index (κ2) is 5.72. The van der Waals surface area contributed by atoms with Gasteiger partial charge in [-0.05, 0) is 11.0 Å². The number of rotatable bonds is 4. The lowest BCUT2D eigenvalue weighted by atomic mass is 9.97. The largest absolute Gasteiger partial charge is 0.313 e. The van der Waals surface area contributed by atoms with E-state index in [0.717, 1.165) is 13.1 Å². The highest BCUT2D eigenvalue weighted by Crippen LogP contribution is 2.09. The molecule has 1 rings (SSSR count). The van der Waals surface area contributed by atoms with E-state index in [0.29, 0.717) is 5.41 Å². The van der Waals surface area contributed by atoms with Crippen LogP contribution < -0.4 is 5.32 Å². The summed E-state index contributed by atoms with van der Waals surface area (Å²) in [4.78, 5) is 0. The Morgan fingerprint density at radius 2 is 1.80 bits per heavy atom. The molecule has 1 aromatic rings. The van der Waals surface area contributed by atoms with Crippen LogP contribution in [-0.2, 0) is 0 Å². The van der Waals surface area contributed by atoms with Gasteiger partial charge in [0.15, 0.2) is 0 Å². The summed E-state index contributed by atoms with van der Waals surface area (Å²) < 4.78 is 0. The van der Waals surface area contributed by atoms with Crippen molar-refractivity contribution in [3.8, 4) is 0 Å². The Bertz CT molecular complexity index is 293. The Kier molecular flexibility index (Phi) is 4.57. The molecule has 0 atom stereocenters. The van der Waals surface area contributed by atoms with E-state index in [4.69, 9.17) is 0 Å². The summed E-state index contributed by atoms with van der Waals surface area (Å²) in [5.74, 6) is 0. The highest BCUT2D eigenvalue weighted by Gasteiger charge is 2.07. The number of benzene rings is 1. The maximum absolute atomic E-state index is 3.41. The van der Waals surface area contributed by atoms with Gasteiger partial charge in [0.25, 0.3) is 0 Å². The SMILES string of the molecule is CC(C)(C)CNCC=Cc1ccccc1. The Balaban J connectivity index is 2.24. The zero-order valence-electron chi connectivity index (χ0n) is 9.96. The summed E-state index contributed by atoms with van der Waals surface area (Å²) in [6.45, 7) is 8.70. The standard InChI is InChI=1S/C14H21N/c1-14(2,3)12-15-11-7-10-13-8-5-4-6-9-13/h4-10,15H,11-12H2,1-3H3. The predicted octanol–water partition coefficient (Wildman–Crippen LogP) is 3.34. The molecule has 1 heteroatoms. The topological polar surface area (TPSA) is 12.0 Å². The van der Waals surface area contributed by atoms with E-state index in [1.54, 1.807) is 0 Å². The van der Waals surface area contributed by atoms with Crippen molar-refractivity contribution >= 4 is 6.08 Å². The summed E-state index contributed by atoms with van der Waals surface area (Å²) in [6.07, 6.45) is 4.32. The molecule has 0 aliphatic carbocycles. The molecule has 0 aliphatic heterocycles. The van der Waals surface area contributed by atoms with Crippen molar-refractivity contribution in [3.63, 3.8) is 0 Å². The summed E-state index contributed by atoms with van der Waals surface area (Å²) >= 11 is 0. The fraction of sp³-hybridized carbons (Fsp3) is 0.429. The third-order valence-corrected chi connectivity index (χ3v) is 2.03. The van der Waals surface area contributed by atoms with Gasteiger partial charge in [0, 0.05) is 13.1 Å². The summed E-state index contributed by atoms with van der Waals surface area (Å²) in [5, 5.41) is 3.41. The Morgan fingerprint density at radius 1 is 1.13 bits per heavy atom. The van der Waals surface area contributed by atoms with Crippen molar-refractivity contribution in [2.24, 2.45) is 5.41 Å². The van der Waals surface area contributed by atoms with Crippen molar-refractivity contribution < 1.29 is 0 Å². The van der Waals surface area contributed by atoms with E-state index in [-0.39, 0.29) is 0 Å². The molecule has 0 bridgehead atoms. The lowest BCUT2D eigenvalue weighted by Crippen LogP contribution is -2.26. The van der Waals surface area contributed by atoms with Gasteiger partial charge in [-0.15, -0.1) is 0 Å². The quantitative estimate of drug-likeness (QED) is 0.740. The fourth-order valence-electron chi connectivity index (χ4n) is 1.29. The maximum Gasteiger partial charge on any atom is 0.0138 e. The van der Waals surface area contributed by atoms with Gasteiger partial charge in [0.2, 0.25) is 0 Å². The first-order chi connectivity index (χ1) is 7.08. The van der Waals surface area contributed by atoms with Gasteiger partial charge in [-0.3, -0.25) is 0 Å². The minimum absolute atomic E-state index is 0.362. The summed E-state index contributed by atoms with van der Waals surface area (Å²) in [7, 11) is 0. The van der Waals surface area contributed by atoms with Crippen LogP contribution in [0.15, 0.2) is 36.4 Å². The molecule has 0 amide bonds. The zero-order chi connectivity index (χ0) is 11.1. The molecular formula is C14H21N. The van der Waals surface area contributed by atoms with Crippen LogP contribution in [0.1, 0.15) is 26.3 Å². The van der Waals surface area contributed by atoms with Crippen LogP contribution in [0.5, 0.6) is 0 Å². The van der Waals surface area contributed by atoms with Crippen LogP contribution in [-0.4, -0.2) is 13.1 Å². The third-order valence-electron chi connectivity index (χ3n) is 2.03. The fourth-order valence-corrected chi connectivity index (χ4v) is 1.29. The van der Waals surface area contributed by atoms with Crippen molar-refractivity contribution in [1.29, 1.82) is 0 Å². The molecule has 0 radical (unpaired) electrons. The number of hydrogen-bond acceptors (Lipinski definition) is 1.